The number of hydrogen-bond acceptors (Lipinski definition) is 4. The Hall–Kier alpha value is -1.10. The third kappa shape index (κ3) is 7.74. The van der Waals surface area contributed by atoms with Crippen molar-refractivity contribution in [2.75, 3.05) is 46.6 Å². The summed E-state index contributed by atoms with van der Waals surface area (Å²) in [5, 5.41) is 3.01. The van der Waals surface area contributed by atoms with E-state index in [-0.39, 0.29) is 0 Å². The van der Waals surface area contributed by atoms with Gasteiger partial charge in [0.15, 0.2) is 0 Å². The monoisotopic (exact) mass is 239 g/mol. The van der Waals surface area contributed by atoms with Crippen LogP contribution in [0.15, 0.2) is 30.3 Å². The minimum absolute atomic E-state index is 0.570. The average molecular weight is 239 g/mol. The van der Waals surface area contributed by atoms with Gasteiger partial charge in [-0.2, -0.15) is 0 Å². The number of likely N-dealkylation sites (N-methyl/N-ethyl adjacent to an activating group) is 1. The Morgan fingerprint density at radius 1 is 0.882 bits per heavy atom. The molecule has 0 aliphatic heterocycles. The molecule has 17 heavy (non-hydrogen) atoms. The molecule has 0 amide bonds. The highest BCUT2D eigenvalue weighted by atomic mass is 16.5. The number of hydrogen-bond donors (Lipinski definition) is 1. The summed E-state index contributed by atoms with van der Waals surface area (Å²) in [5.74, 6) is 0.876. The molecule has 0 aliphatic rings. The number of rotatable bonds is 10. The molecule has 0 saturated carbocycles. The molecular weight excluding hydrogens is 218 g/mol. The third-order valence-electron chi connectivity index (χ3n) is 2.11. The zero-order valence-electron chi connectivity index (χ0n) is 10.4. The summed E-state index contributed by atoms with van der Waals surface area (Å²) in [7, 11) is 1.90. The second-order valence-corrected chi connectivity index (χ2v) is 3.49. The van der Waals surface area contributed by atoms with Gasteiger partial charge in [0.2, 0.25) is 0 Å². The van der Waals surface area contributed by atoms with Gasteiger partial charge in [0.05, 0.1) is 26.4 Å². The van der Waals surface area contributed by atoms with Crippen molar-refractivity contribution in [1.82, 2.24) is 5.32 Å². The zero-order valence-corrected chi connectivity index (χ0v) is 10.4. The van der Waals surface area contributed by atoms with Gasteiger partial charge in [-0.3, -0.25) is 0 Å². The molecule has 4 heteroatoms. The van der Waals surface area contributed by atoms with Gasteiger partial charge >= 0.3 is 0 Å². The van der Waals surface area contributed by atoms with Crippen LogP contribution in [0.5, 0.6) is 5.75 Å². The Morgan fingerprint density at radius 3 is 2.24 bits per heavy atom. The lowest BCUT2D eigenvalue weighted by molar-refractivity contribution is 0.0376. The van der Waals surface area contributed by atoms with Gasteiger partial charge in [0.1, 0.15) is 12.4 Å². The molecule has 0 bridgehead atoms. The van der Waals surface area contributed by atoms with Gasteiger partial charge in [-0.05, 0) is 19.2 Å². The first-order chi connectivity index (χ1) is 8.43. The fourth-order valence-electron chi connectivity index (χ4n) is 1.23. The molecule has 1 aromatic rings. The van der Waals surface area contributed by atoms with Crippen LogP contribution < -0.4 is 10.1 Å². The van der Waals surface area contributed by atoms with Crippen molar-refractivity contribution in [3.05, 3.63) is 30.3 Å². The van der Waals surface area contributed by atoms with Gasteiger partial charge in [-0.25, -0.2) is 0 Å². The SMILES string of the molecule is CNCCOCCOCCOc1ccccc1. The van der Waals surface area contributed by atoms with Crippen molar-refractivity contribution in [3.8, 4) is 5.75 Å². The quantitative estimate of drug-likeness (QED) is 0.625. The lowest BCUT2D eigenvalue weighted by Gasteiger charge is -2.07. The number of benzene rings is 1. The Labute approximate surface area is 103 Å². The Kier molecular flexibility index (Phi) is 8.28. The highest BCUT2D eigenvalue weighted by molar-refractivity contribution is 5.20. The van der Waals surface area contributed by atoms with E-state index in [0.717, 1.165) is 18.9 Å². The van der Waals surface area contributed by atoms with Crippen LogP contribution >= 0.6 is 0 Å². The molecule has 0 radical (unpaired) electrons. The van der Waals surface area contributed by atoms with E-state index in [1.54, 1.807) is 0 Å². The maximum atomic E-state index is 5.48. The van der Waals surface area contributed by atoms with Gasteiger partial charge in [0, 0.05) is 6.54 Å². The van der Waals surface area contributed by atoms with Gasteiger partial charge in [0.25, 0.3) is 0 Å². The molecule has 0 unspecified atom stereocenters. The van der Waals surface area contributed by atoms with Crippen molar-refractivity contribution < 1.29 is 14.2 Å². The van der Waals surface area contributed by atoms with Gasteiger partial charge in [-0.15, -0.1) is 0 Å². The van der Waals surface area contributed by atoms with Crippen LogP contribution in [0, 0.1) is 0 Å². The fraction of sp³-hybridized carbons (Fsp3) is 0.538. The predicted molar refractivity (Wildman–Crippen MR) is 67.5 cm³/mol. The molecule has 1 rings (SSSR count). The van der Waals surface area contributed by atoms with Crippen LogP contribution in [0.4, 0.5) is 0 Å². The molecular formula is C13H21NO3. The second-order valence-electron chi connectivity index (χ2n) is 3.49. The highest BCUT2D eigenvalue weighted by Gasteiger charge is 1.92. The summed E-state index contributed by atoms with van der Waals surface area (Å²) in [6, 6.07) is 9.73. The number of nitrogens with one attached hydrogen (secondary N) is 1. The van der Waals surface area contributed by atoms with Crippen molar-refractivity contribution in [1.29, 1.82) is 0 Å². The minimum Gasteiger partial charge on any atom is -0.491 e. The van der Waals surface area contributed by atoms with E-state index in [2.05, 4.69) is 5.32 Å². The normalized spacial score (nSPS) is 10.4. The van der Waals surface area contributed by atoms with E-state index < -0.39 is 0 Å². The summed E-state index contributed by atoms with van der Waals surface area (Å²) < 4.78 is 16.2. The van der Waals surface area contributed by atoms with E-state index in [4.69, 9.17) is 14.2 Å². The zero-order chi connectivity index (χ0) is 12.2. The van der Waals surface area contributed by atoms with Crippen LogP contribution in [0.1, 0.15) is 0 Å². The first-order valence-electron chi connectivity index (χ1n) is 5.91. The molecule has 1 N–H and O–H groups in total. The fourth-order valence-corrected chi connectivity index (χ4v) is 1.23. The highest BCUT2D eigenvalue weighted by Crippen LogP contribution is 2.07. The van der Waals surface area contributed by atoms with Gasteiger partial charge in [-0.1, -0.05) is 18.2 Å². The Balaban J connectivity index is 1.85. The Morgan fingerprint density at radius 2 is 1.53 bits per heavy atom. The van der Waals surface area contributed by atoms with E-state index in [1.807, 2.05) is 37.4 Å². The largest absolute Gasteiger partial charge is 0.491 e. The molecule has 0 atom stereocenters. The van der Waals surface area contributed by atoms with Crippen LogP contribution in [-0.2, 0) is 9.47 Å². The molecule has 0 aromatic heterocycles. The van der Waals surface area contributed by atoms with Gasteiger partial charge < -0.3 is 19.5 Å². The third-order valence-corrected chi connectivity index (χ3v) is 2.11. The Bertz CT molecular complexity index is 267. The molecule has 0 heterocycles. The number of ether oxygens (including phenoxy) is 3. The molecule has 0 saturated heterocycles. The van der Waals surface area contributed by atoms with E-state index >= 15 is 0 Å². The number of para-hydroxylation sites is 1. The first-order valence-corrected chi connectivity index (χ1v) is 5.91. The predicted octanol–water partition coefficient (Wildman–Crippen LogP) is 1.32. The van der Waals surface area contributed by atoms with E-state index in [1.165, 1.54) is 0 Å². The second kappa shape index (κ2) is 10.1. The summed E-state index contributed by atoms with van der Waals surface area (Å²) in [4.78, 5) is 0. The van der Waals surface area contributed by atoms with Crippen molar-refractivity contribution in [2.45, 2.75) is 0 Å². The van der Waals surface area contributed by atoms with Crippen molar-refractivity contribution in [3.63, 3.8) is 0 Å². The summed E-state index contributed by atoms with van der Waals surface area (Å²) in [6.45, 7) is 4.00. The molecule has 4 nitrogen and oxygen atoms in total. The molecule has 1 aromatic carbocycles. The lowest BCUT2D eigenvalue weighted by atomic mass is 10.3. The van der Waals surface area contributed by atoms with Crippen molar-refractivity contribution >= 4 is 0 Å². The average Bonchev–Trinajstić information content (AvgIpc) is 2.38. The molecule has 0 aliphatic carbocycles. The topological polar surface area (TPSA) is 39.7 Å². The first kappa shape index (κ1) is 14.0. The maximum absolute atomic E-state index is 5.48. The maximum Gasteiger partial charge on any atom is 0.119 e. The van der Waals surface area contributed by atoms with Crippen LogP contribution in [0.25, 0.3) is 0 Å². The summed E-state index contributed by atoms with van der Waals surface area (Å²) in [6.07, 6.45) is 0. The summed E-state index contributed by atoms with van der Waals surface area (Å²) >= 11 is 0. The lowest BCUT2D eigenvalue weighted by Crippen LogP contribution is -2.17. The molecule has 96 valence electrons. The summed E-state index contributed by atoms with van der Waals surface area (Å²) in [5.41, 5.74) is 0. The smallest absolute Gasteiger partial charge is 0.119 e. The molecule has 0 fully saturated rings. The van der Waals surface area contributed by atoms with Crippen LogP contribution in [-0.4, -0.2) is 46.6 Å². The van der Waals surface area contributed by atoms with E-state index in [9.17, 15) is 0 Å². The standard InChI is InChI=1S/C13H21NO3/c1-14-7-8-15-9-10-16-11-12-17-13-5-3-2-4-6-13/h2-6,14H,7-12H2,1H3. The minimum atomic E-state index is 0.570. The molecule has 0 spiro atoms. The van der Waals surface area contributed by atoms with Crippen LogP contribution in [0.2, 0.25) is 0 Å². The van der Waals surface area contributed by atoms with Crippen molar-refractivity contribution in [2.24, 2.45) is 0 Å². The van der Waals surface area contributed by atoms with Crippen LogP contribution in [0.3, 0.4) is 0 Å². The van der Waals surface area contributed by atoms with E-state index in [0.29, 0.717) is 26.4 Å².